The normalized spacial score (nSPS) is 10.6. The maximum Gasteiger partial charge on any atom is 0.336 e. The summed E-state index contributed by atoms with van der Waals surface area (Å²) in [6, 6.07) is 12.0. The minimum atomic E-state index is -0.967. The molecule has 2 rings (SSSR count). The first-order valence-corrected chi connectivity index (χ1v) is 6.65. The van der Waals surface area contributed by atoms with E-state index in [1.807, 2.05) is 13.8 Å². The van der Waals surface area contributed by atoms with E-state index in [9.17, 15) is 9.90 Å². The second-order valence-electron chi connectivity index (χ2n) is 4.69. The number of carboxylic acid groups (broad SMARTS) is 1. The quantitative estimate of drug-likeness (QED) is 0.902. The summed E-state index contributed by atoms with van der Waals surface area (Å²) in [5.41, 5.74) is 1.65. The SMILES string of the molecule is CC(C)Oc1ccc(C(=O)O)c(-c2ccc(Cl)cc2)c1. The Balaban J connectivity index is 2.51. The Morgan fingerprint density at radius 3 is 2.35 bits per heavy atom. The van der Waals surface area contributed by atoms with Gasteiger partial charge in [-0.2, -0.15) is 0 Å². The summed E-state index contributed by atoms with van der Waals surface area (Å²) < 4.78 is 5.62. The van der Waals surface area contributed by atoms with Gasteiger partial charge in [0.05, 0.1) is 11.7 Å². The van der Waals surface area contributed by atoms with E-state index in [0.717, 1.165) is 5.56 Å². The van der Waals surface area contributed by atoms with Crippen molar-refractivity contribution in [3.63, 3.8) is 0 Å². The molecule has 20 heavy (non-hydrogen) atoms. The van der Waals surface area contributed by atoms with Crippen molar-refractivity contribution in [2.45, 2.75) is 20.0 Å². The predicted octanol–water partition coefficient (Wildman–Crippen LogP) is 4.49. The highest BCUT2D eigenvalue weighted by Gasteiger charge is 2.13. The van der Waals surface area contributed by atoms with Crippen molar-refractivity contribution in [1.29, 1.82) is 0 Å². The molecule has 0 aromatic heterocycles. The van der Waals surface area contributed by atoms with Gasteiger partial charge in [0.15, 0.2) is 0 Å². The molecule has 0 radical (unpaired) electrons. The standard InChI is InChI=1S/C16H15ClO3/c1-10(2)20-13-7-8-14(16(18)19)15(9-13)11-3-5-12(17)6-4-11/h3-10H,1-2H3,(H,18,19). The van der Waals surface area contributed by atoms with Gasteiger partial charge in [-0.1, -0.05) is 23.7 Å². The molecule has 0 heterocycles. The molecule has 104 valence electrons. The van der Waals surface area contributed by atoms with Gasteiger partial charge in [0, 0.05) is 5.02 Å². The molecule has 0 aliphatic heterocycles. The van der Waals surface area contributed by atoms with Crippen LogP contribution >= 0.6 is 11.6 Å². The van der Waals surface area contributed by atoms with E-state index in [0.29, 0.717) is 16.3 Å². The Bertz CT molecular complexity index is 618. The van der Waals surface area contributed by atoms with Crippen LogP contribution < -0.4 is 4.74 Å². The van der Waals surface area contributed by atoms with Gasteiger partial charge in [0.1, 0.15) is 5.75 Å². The van der Waals surface area contributed by atoms with Crippen LogP contribution in [0.15, 0.2) is 42.5 Å². The van der Waals surface area contributed by atoms with Crippen LogP contribution in [-0.4, -0.2) is 17.2 Å². The molecule has 2 aromatic rings. The van der Waals surface area contributed by atoms with Crippen LogP contribution in [0.25, 0.3) is 11.1 Å². The highest BCUT2D eigenvalue weighted by molar-refractivity contribution is 6.30. The molecule has 0 saturated carbocycles. The number of carboxylic acids is 1. The Hall–Kier alpha value is -2.00. The third-order valence-electron chi connectivity index (χ3n) is 2.75. The smallest absolute Gasteiger partial charge is 0.336 e. The van der Waals surface area contributed by atoms with Crippen molar-refractivity contribution >= 4 is 17.6 Å². The van der Waals surface area contributed by atoms with E-state index >= 15 is 0 Å². The molecule has 0 amide bonds. The van der Waals surface area contributed by atoms with Crippen LogP contribution in [0.2, 0.25) is 5.02 Å². The van der Waals surface area contributed by atoms with Gasteiger partial charge < -0.3 is 9.84 Å². The van der Waals surface area contributed by atoms with Crippen molar-refractivity contribution in [3.05, 3.63) is 53.1 Å². The fourth-order valence-corrected chi connectivity index (χ4v) is 2.05. The number of benzene rings is 2. The average molecular weight is 291 g/mol. The number of aromatic carboxylic acids is 1. The number of ether oxygens (including phenoxy) is 1. The predicted molar refractivity (Wildman–Crippen MR) is 79.6 cm³/mol. The van der Waals surface area contributed by atoms with Crippen molar-refractivity contribution in [3.8, 4) is 16.9 Å². The molecular weight excluding hydrogens is 276 g/mol. The molecule has 0 bridgehead atoms. The lowest BCUT2D eigenvalue weighted by Crippen LogP contribution is -2.07. The lowest BCUT2D eigenvalue weighted by molar-refractivity contribution is 0.0697. The summed E-state index contributed by atoms with van der Waals surface area (Å²) in [7, 11) is 0. The Morgan fingerprint density at radius 1 is 1.15 bits per heavy atom. The first-order chi connectivity index (χ1) is 9.47. The molecule has 4 heteroatoms. The second kappa shape index (κ2) is 5.97. The average Bonchev–Trinajstić information content (AvgIpc) is 2.38. The zero-order chi connectivity index (χ0) is 14.7. The molecule has 0 atom stereocenters. The summed E-state index contributed by atoms with van der Waals surface area (Å²) in [6.45, 7) is 3.85. The Labute approximate surface area is 122 Å². The van der Waals surface area contributed by atoms with E-state index in [2.05, 4.69) is 0 Å². The first kappa shape index (κ1) is 14.4. The van der Waals surface area contributed by atoms with E-state index < -0.39 is 5.97 Å². The van der Waals surface area contributed by atoms with Crippen LogP contribution in [0.1, 0.15) is 24.2 Å². The number of rotatable bonds is 4. The maximum absolute atomic E-state index is 11.3. The first-order valence-electron chi connectivity index (χ1n) is 6.27. The summed E-state index contributed by atoms with van der Waals surface area (Å²) in [5.74, 6) is -0.319. The molecule has 1 N–H and O–H groups in total. The second-order valence-corrected chi connectivity index (χ2v) is 5.12. The Morgan fingerprint density at radius 2 is 1.80 bits per heavy atom. The minimum Gasteiger partial charge on any atom is -0.491 e. The van der Waals surface area contributed by atoms with Crippen molar-refractivity contribution in [1.82, 2.24) is 0 Å². The Kier molecular flexibility index (Phi) is 4.30. The fourth-order valence-electron chi connectivity index (χ4n) is 1.92. The van der Waals surface area contributed by atoms with Crippen LogP contribution in [0.3, 0.4) is 0 Å². The van der Waals surface area contributed by atoms with Gasteiger partial charge in [0.2, 0.25) is 0 Å². The van der Waals surface area contributed by atoms with Gasteiger partial charge in [-0.05, 0) is 55.3 Å². The van der Waals surface area contributed by atoms with Gasteiger partial charge in [0.25, 0.3) is 0 Å². The largest absolute Gasteiger partial charge is 0.491 e. The van der Waals surface area contributed by atoms with Crippen LogP contribution in [0, 0.1) is 0 Å². The van der Waals surface area contributed by atoms with Gasteiger partial charge >= 0.3 is 5.97 Å². The lowest BCUT2D eigenvalue weighted by atomic mass is 9.99. The maximum atomic E-state index is 11.3. The van der Waals surface area contributed by atoms with Crippen molar-refractivity contribution < 1.29 is 14.6 Å². The van der Waals surface area contributed by atoms with Crippen molar-refractivity contribution in [2.24, 2.45) is 0 Å². The number of carbonyl (C=O) groups is 1. The van der Waals surface area contributed by atoms with Gasteiger partial charge in [-0.15, -0.1) is 0 Å². The van der Waals surface area contributed by atoms with Crippen LogP contribution in [-0.2, 0) is 0 Å². The monoisotopic (exact) mass is 290 g/mol. The van der Waals surface area contributed by atoms with E-state index in [1.165, 1.54) is 0 Å². The van der Waals surface area contributed by atoms with Gasteiger partial charge in [-0.25, -0.2) is 4.79 Å². The summed E-state index contributed by atoms with van der Waals surface area (Å²) in [4.78, 5) is 11.3. The van der Waals surface area contributed by atoms with E-state index in [4.69, 9.17) is 16.3 Å². The van der Waals surface area contributed by atoms with E-state index in [1.54, 1.807) is 42.5 Å². The van der Waals surface area contributed by atoms with E-state index in [-0.39, 0.29) is 11.7 Å². The summed E-state index contributed by atoms with van der Waals surface area (Å²) in [5, 5.41) is 9.90. The van der Waals surface area contributed by atoms with Crippen LogP contribution in [0.5, 0.6) is 5.75 Å². The molecule has 3 nitrogen and oxygen atoms in total. The van der Waals surface area contributed by atoms with Crippen LogP contribution in [0.4, 0.5) is 0 Å². The number of hydrogen-bond donors (Lipinski definition) is 1. The topological polar surface area (TPSA) is 46.5 Å². The molecule has 0 aliphatic carbocycles. The highest BCUT2D eigenvalue weighted by Crippen LogP contribution is 2.29. The third kappa shape index (κ3) is 3.31. The number of halogens is 1. The summed E-state index contributed by atoms with van der Waals surface area (Å²) in [6.07, 6.45) is 0.0312. The van der Waals surface area contributed by atoms with Gasteiger partial charge in [-0.3, -0.25) is 0 Å². The fraction of sp³-hybridized carbons (Fsp3) is 0.188. The molecule has 0 aliphatic rings. The molecule has 0 unspecified atom stereocenters. The lowest BCUT2D eigenvalue weighted by Gasteiger charge is -2.13. The highest BCUT2D eigenvalue weighted by atomic mass is 35.5. The molecular formula is C16H15ClO3. The summed E-state index contributed by atoms with van der Waals surface area (Å²) >= 11 is 5.86. The zero-order valence-electron chi connectivity index (χ0n) is 11.3. The molecule has 0 fully saturated rings. The minimum absolute atomic E-state index is 0.0312. The zero-order valence-corrected chi connectivity index (χ0v) is 12.0. The third-order valence-corrected chi connectivity index (χ3v) is 3.00. The molecule has 0 saturated heterocycles. The molecule has 2 aromatic carbocycles. The molecule has 0 spiro atoms. The number of hydrogen-bond acceptors (Lipinski definition) is 2. The van der Waals surface area contributed by atoms with Crippen molar-refractivity contribution in [2.75, 3.05) is 0 Å².